The van der Waals surface area contributed by atoms with Gasteiger partial charge in [-0.05, 0) is 32.0 Å². The molecule has 2 heterocycles. The van der Waals surface area contributed by atoms with Gasteiger partial charge in [0.25, 0.3) is 0 Å². The van der Waals surface area contributed by atoms with Crippen LogP contribution in [0.15, 0.2) is 42.5 Å². The second-order valence-electron chi connectivity index (χ2n) is 5.20. The van der Waals surface area contributed by atoms with Crippen LogP contribution in [0.3, 0.4) is 0 Å². The van der Waals surface area contributed by atoms with Gasteiger partial charge in [-0.1, -0.05) is 24.3 Å². The highest BCUT2D eigenvalue weighted by atomic mass is 19.4. The molecule has 0 amide bonds. The highest BCUT2D eigenvalue weighted by Crippen LogP contribution is 2.36. The number of hydrogen-bond donors (Lipinski definition) is 0. The Balaban J connectivity index is 2.13. The van der Waals surface area contributed by atoms with Gasteiger partial charge >= 0.3 is 6.18 Å². The lowest BCUT2D eigenvalue weighted by Crippen LogP contribution is -2.07. The Kier molecular flexibility index (Phi) is 4.01. The first-order valence-electron chi connectivity index (χ1n) is 7.18. The molecule has 0 aliphatic carbocycles. The van der Waals surface area contributed by atoms with E-state index in [1.165, 1.54) is 18.2 Å². The maximum Gasteiger partial charge on any atom is 0.417 e. The summed E-state index contributed by atoms with van der Waals surface area (Å²) in [5.74, 6) is 1.40. The molecule has 0 aliphatic rings. The van der Waals surface area contributed by atoms with E-state index in [1.54, 1.807) is 32.0 Å². The van der Waals surface area contributed by atoms with Crippen LogP contribution in [0.25, 0.3) is 22.8 Å². The van der Waals surface area contributed by atoms with Crippen LogP contribution < -0.4 is 0 Å². The van der Waals surface area contributed by atoms with Gasteiger partial charge in [-0.3, -0.25) is 0 Å². The van der Waals surface area contributed by atoms with Crippen LogP contribution in [-0.4, -0.2) is 19.9 Å². The molecular weight excluding hydrogens is 317 g/mol. The van der Waals surface area contributed by atoms with Crippen molar-refractivity contribution < 1.29 is 13.2 Å². The van der Waals surface area contributed by atoms with Crippen LogP contribution in [-0.2, 0) is 6.18 Å². The summed E-state index contributed by atoms with van der Waals surface area (Å²) in [6.07, 6.45) is -4.45. The molecule has 0 saturated heterocycles. The van der Waals surface area contributed by atoms with Crippen LogP contribution >= 0.6 is 0 Å². The van der Waals surface area contributed by atoms with Crippen molar-refractivity contribution in [2.24, 2.45) is 0 Å². The molecule has 1 aromatic carbocycles. The second-order valence-corrected chi connectivity index (χ2v) is 5.20. The molecular formula is C17H13F3N4. The van der Waals surface area contributed by atoms with Crippen molar-refractivity contribution in [1.29, 1.82) is 0 Å². The van der Waals surface area contributed by atoms with Gasteiger partial charge in [-0.2, -0.15) is 13.2 Å². The largest absolute Gasteiger partial charge is 0.417 e. The van der Waals surface area contributed by atoms with Gasteiger partial charge in [0.1, 0.15) is 17.3 Å². The molecule has 0 N–H and O–H groups in total. The van der Waals surface area contributed by atoms with E-state index in [1.807, 2.05) is 0 Å². The van der Waals surface area contributed by atoms with Crippen molar-refractivity contribution in [2.75, 3.05) is 0 Å². The van der Waals surface area contributed by atoms with Gasteiger partial charge in [0.2, 0.25) is 0 Å². The molecule has 2 aromatic heterocycles. The first-order valence-corrected chi connectivity index (χ1v) is 7.18. The Morgan fingerprint density at radius 1 is 0.708 bits per heavy atom. The zero-order valence-corrected chi connectivity index (χ0v) is 13.0. The van der Waals surface area contributed by atoms with Crippen LogP contribution in [0.5, 0.6) is 0 Å². The zero-order valence-electron chi connectivity index (χ0n) is 13.0. The van der Waals surface area contributed by atoms with E-state index in [9.17, 15) is 13.2 Å². The van der Waals surface area contributed by atoms with Gasteiger partial charge in [0.15, 0.2) is 5.82 Å². The minimum absolute atomic E-state index is 0.0225. The summed E-state index contributed by atoms with van der Waals surface area (Å²) in [6, 6.07) is 10.2. The average molecular weight is 330 g/mol. The summed E-state index contributed by atoms with van der Waals surface area (Å²) >= 11 is 0. The van der Waals surface area contributed by atoms with Gasteiger partial charge in [-0.25, -0.2) is 19.9 Å². The van der Waals surface area contributed by atoms with Crippen molar-refractivity contribution in [3.05, 3.63) is 59.7 Å². The molecule has 0 aliphatic heterocycles. The summed E-state index contributed by atoms with van der Waals surface area (Å²) in [5.41, 5.74) is -0.0822. The molecule has 3 aromatic rings. The van der Waals surface area contributed by atoms with Crippen molar-refractivity contribution in [3.8, 4) is 22.8 Å². The first kappa shape index (κ1) is 16.0. The van der Waals surface area contributed by atoms with Gasteiger partial charge in [0.05, 0.1) is 11.3 Å². The first-order chi connectivity index (χ1) is 11.3. The zero-order chi connectivity index (χ0) is 17.3. The lowest BCUT2D eigenvalue weighted by atomic mass is 10.0. The highest BCUT2D eigenvalue weighted by Gasteiger charge is 2.33. The molecule has 0 bridgehead atoms. The number of nitrogens with zero attached hydrogens (tertiary/aromatic N) is 4. The van der Waals surface area contributed by atoms with E-state index >= 15 is 0 Å². The number of benzene rings is 1. The van der Waals surface area contributed by atoms with Crippen LogP contribution in [0, 0.1) is 13.8 Å². The van der Waals surface area contributed by atoms with E-state index in [0.29, 0.717) is 23.2 Å². The minimum atomic E-state index is -4.45. The van der Waals surface area contributed by atoms with Gasteiger partial charge in [-0.15, -0.1) is 0 Å². The van der Waals surface area contributed by atoms with Crippen molar-refractivity contribution in [2.45, 2.75) is 20.0 Å². The fourth-order valence-corrected chi connectivity index (χ4v) is 2.39. The molecule has 3 rings (SSSR count). The second kappa shape index (κ2) is 5.99. The van der Waals surface area contributed by atoms with E-state index in [2.05, 4.69) is 19.9 Å². The molecule has 0 atom stereocenters. The predicted octanol–water partition coefficient (Wildman–Crippen LogP) is 4.24. The van der Waals surface area contributed by atoms with E-state index < -0.39 is 11.7 Å². The Labute approximate surface area is 136 Å². The smallest absolute Gasteiger partial charge is 0.244 e. The number of pyridine rings is 1. The Hall–Kier alpha value is -2.83. The normalized spacial score (nSPS) is 11.5. The lowest BCUT2D eigenvalue weighted by molar-refractivity contribution is -0.137. The van der Waals surface area contributed by atoms with Crippen molar-refractivity contribution >= 4 is 0 Å². The minimum Gasteiger partial charge on any atom is -0.244 e. The predicted molar refractivity (Wildman–Crippen MR) is 83.0 cm³/mol. The van der Waals surface area contributed by atoms with Crippen molar-refractivity contribution in [1.82, 2.24) is 19.9 Å². The van der Waals surface area contributed by atoms with E-state index in [0.717, 1.165) is 6.07 Å². The third-order valence-electron chi connectivity index (χ3n) is 3.35. The summed E-state index contributed by atoms with van der Waals surface area (Å²) in [5, 5.41) is 0. The summed E-state index contributed by atoms with van der Waals surface area (Å²) in [4.78, 5) is 16.8. The Morgan fingerprint density at radius 3 is 2.00 bits per heavy atom. The SMILES string of the molecule is Cc1nc(C)nc(-c2cccc(-c3ccccc3C(F)(F)F)n2)n1. The molecule has 0 radical (unpaired) electrons. The molecule has 0 saturated carbocycles. The molecule has 122 valence electrons. The number of hydrogen-bond acceptors (Lipinski definition) is 4. The highest BCUT2D eigenvalue weighted by molar-refractivity contribution is 5.67. The topological polar surface area (TPSA) is 51.6 Å². The number of alkyl halides is 3. The monoisotopic (exact) mass is 330 g/mol. The molecule has 4 nitrogen and oxygen atoms in total. The van der Waals surface area contributed by atoms with E-state index in [-0.39, 0.29) is 11.3 Å². The van der Waals surface area contributed by atoms with Crippen LogP contribution in [0.1, 0.15) is 17.2 Å². The Bertz CT molecular complexity index is 871. The summed E-state index contributed by atoms with van der Waals surface area (Å²) < 4.78 is 39.6. The van der Waals surface area contributed by atoms with Crippen LogP contribution in [0.2, 0.25) is 0 Å². The standard InChI is InChI=1S/C17H13F3N4/c1-10-21-11(2)23-16(22-10)15-9-5-8-14(24-15)12-6-3-4-7-13(12)17(18,19)20/h3-9H,1-2H3. The molecule has 7 heteroatoms. The number of rotatable bonds is 2. The summed E-state index contributed by atoms with van der Waals surface area (Å²) in [6.45, 7) is 3.45. The lowest BCUT2D eigenvalue weighted by Gasteiger charge is -2.12. The fraction of sp³-hybridized carbons (Fsp3) is 0.176. The molecule has 0 spiro atoms. The Morgan fingerprint density at radius 2 is 1.33 bits per heavy atom. The van der Waals surface area contributed by atoms with E-state index in [4.69, 9.17) is 0 Å². The number of halogens is 3. The maximum atomic E-state index is 13.2. The number of aryl methyl sites for hydroxylation is 2. The average Bonchev–Trinajstić information content (AvgIpc) is 2.53. The quantitative estimate of drug-likeness (QED) is 0.705. The van der Waals surface area contributed by atoms with Gasteiger partial charge < -0.3 is 0 Å². The third kappa shape index (κ3) is 3.24. The summed E-state index contributed by atoms with van der Waals surface area (Å²) in [7, 11) is 0. The molecule has 0 fully saturated rings. The molecule has 24 heavy (non-hydrogen) atoms. The molecule has 0 unspecified atom stereocenters. The van der Waals surface area contributed by atoms with Crippen molar-refractivity contribution in [3.63, 3.8) is 0 Å². The van der Waals surface area contributed by atoms with Gasteiger partial charge in [0, 0.05) is 5.56 Å². The maximum absolute atomic E-state index is 13.2. The fourth-order valence-electron chi connectivity index (χ4n) is 2.39. The number of aromatic nitrogens is 4. The van der Waals surface area contributed by atoms with Crippen LogP contribution in [0.4, 0.5) is 13.2 Å². The third-order valence-corrected chi connectivity index (χ3v) is 3.35.